The third kappa shape index (κ3) is 4.79. The molecular weight excluding hydrogens is 388 g/mol. The molecule has 3 aromatic rings. The van der Waals surface area contributed by atoms with Crippen LogP contribution in [0.2, 0.25) is 0 Å². The van der Waals surface area contributed by atoms with Gasteiger partial charge in [0.15, 0.2) is 22.3 Å². The second-order valence-electron chi connectivity index (χ2n) is 7.17. The number of rotatable bonds is 7. The summed E-state index contributed by atoms with van der Waals surface area (Å²) in [6, 6.07) is 9.25. The van der Waals surface area contributed by atoms with E-state index >= 15 is 0 Å². The average Bonchev–Trinajstić information content (AvgIpc) is 3.44. The number of aromatic nitrogens is 1. The van der Waals surface area contributed by atoms with Gasteiger partial charge in [0.05, 0.1) is 25.3 Å². The minimum absolute atomic E-state index is 0.130. The van der Waals surface area contributed by atoms with Gasteiger partial charge in [-0.2, -0.15) is 0 Å². The van der Waals surface area contributed by atoms with Crippen LogP contribution in [0.5, 0.6) is 11.5 Å². The number of carbonyl (C=O) groups is 1. The van der Waals surface area contributed by atoms with Gasteiger partial charge in [-0.25, -0.2) is 4.98 Å². The lowest BCUT2D eigenvalue weighted by Crippen LogP contribution is -2.15. The number of hydrogen-bond acceptors (Lipinski definition) is 6. The standard InChI is InChI=1S/C22H24N2O4S/c1-14-7-9-19(27-14)22-24-16(13-29-22)12-21(25)23-15-8-10-18(26-2)20(11-15)28-17-5-3-4-6-17/h7-11,13,17H,3-6,12H2,1-2H3,(H,23,25). The molecule has 1 amide bonds. The van der Waals surface area contributed by atoms with Gasteiger partial charge in [-0.3, -0.25) is 4.79 Å². The first-order chi connectivity index (χ1) is 14.1. The van der Waals surface area contributed by atoms with E-state index < -0.39 is 0 Å². The maximum atomic E-state index is 12.5. The van der Waals surface area contributed by atoms with Crippen molar-refractivity contribution < 1.29 is 18.7 Å². The summed E-state index contributed by atoms with van der Waals surface area (Å²) in [7, 11) is 1.62. The molecule has 0 spiro atoms. The van der Waals surface area contributed by atoms with Crippen molar-refractivity contribution in [2.75, 3.05) is 12.4 Å². The van der Waals surface area contributed by atoms with Crippen molar-refractivity contribution in [1.29, 1.82) is 0 Å². The lowest BCUT2D eigenvalue weighted by Gasteiger charge is -2.17. The number of anilines is 1. The Hall–Kier alpha value is -2.80. The van der Waals surface area contributed by atoms with E-state index in [1.165, 1.54) is 24.2 Å². The number of hydrogen-bond donors (Lipinski definition) is 1. The summed E-state index contributed by atoms with van der Waals surface area (Å²) in [4.78, 5) is 17.0. The number of nitrogens with zero attached hydrogens (tertiary/aromatic N) is 1. The predicted octanol–water partition coefficient (Wildman–Crippen LogP) is 5.22. The minimum atomic E-state index is -0.130. The smallest absolute Gasteiger partial charge is 0.230 e. The van der Waals surface area contributed by atoms with Crippen LogP contribution < -0.4 is 14.8 Å². The van der Waals surface area contributed by atoms with Crippen molar-refractivity contribution in [1.82, 2.24) is 4.98 Å². The van der Waals surface area contributed by atoms with Crippen LogP contribution in [0.4, 0.5) is 5.69 Å². The van der Waals surface area contributed by atoms with Crippen LogP contribution in [-0.4, -0.2) is 24.1 Å². The molecule has 2 aromatic heterocycles. The molecule has 0 bridgehead atoms. The fourth-order valence-electron chi connectivity index (χ4n) is 3.45. The van der Waals surface area contributed by atoms with Crippen molar-refractivity contribution >= 4 is 22.9 Å². The zero-order chi connectivity index (χ0) is 20.2. The minimum Gasteiger partial charge on any atom is -0.493 e. The Morgan fingerprint density at radius 3 is 2.79 bits per heavy atom. The number of aryl methyl sites for hydroxylation is 1. The van der Waals surface area contributed by atoms with Gasteiger partial charge in [-0.15, -0.1) is 11.3 Å². The summed E-state index contributed by atoms with van der Waals surface area (Å²) < 4.78 is 17.1. The van der Waals surface area contributed by atoms with Gasteiger partial charge in [-0.1, -0.05) is 0 Å². The van der Waals surface area contributed by atoms with Crippen LogP contribution in [0.3, 0.4) is 0 Å². The predicted molar refractivity (Wildman–Crippen MR) is 113 cm³/mol. The second kappa shape index (κ2) is 8.69. The molecule has 1 saturated carbocycles. The lowest BCUT2D eigenvalue weighted by molar-refractivity contribution is -0.115. The number of benzene rings is 1. The monoisotopic (exact) mass is 412 g/mol. The molecule has 0 atom stereocenters. The first-order valence-corrected chi connectivity index (χ1v) is 10.6. The Morgan fingerprint density at radius 2 is 2.07 bits per heavy atom. The van der Waals surface area contributed by atoms with E-state index in [0.29, 0.717) is 22.9 Å². The Morgan fingerprint density at radius 1 is 1.24 bits per heavy atom. The highest BCUT2D eigenvalue weighted by molar-refractivity contribution is 7.13. The number of amides is 1. The summed E-state index contributed by atoms with van der Waals surface area (Å²) >= 11 is 1.47. The molecule has 2 heterocycles. The third-order valence-electron chi connectivity index (χ3n) is 4.89. The van der Waals surface area contributed by atoms with E-state index in [2.05, 4.69) is 10.3 Å². The molecule has 1 aliphatic carbocycles. The van der Waals surface area contributed by atoms with Crippen molar-refractivity contribution in [3.63, 3.8) is 0 Å². The highest BCUT2D eigenvalue weighted by Crippen LogP contribution is 2.34. The third-order valence-corrected chi connectivity index (χ3v) is 5.79. The molecule has 1 N–H and O–H groups in total. The Kier molecular flexibility index (Phi) is 5.85. The molecule has 152 valence electrons. The Bertz CT molecular complexity index is 988. The molecule has 1 fully saturated rings. The highest BCUT2D eigenvalue weighted by atomic mass is 32.1. The fourth-order valence-corrected chi connectivity index (χ4v) is 4.23. The van der Waals surface area contributed by atoms with Gasteiger partial charge in [0.2, 0.25) is 5.91 Å². The van der Waals surface area contributed by atoms with Crippen molar-refractivity contribution in [3.05, 3.63) is 47.2 Å². The molecule has 0 radical (unpaired) electrons. The number of methoxy groups -OCH3 is 1. The molecule has 7 heteroatoms. The number of nitrogens with one attached hydrogen (secondary N) is 1. The van der Waals surface area contributed by atoms with Crippen molar-refractivity contribution in [2.45, 2.75) is 45.1 Å². The first-order valence-electron chi connectivity index (χ1n) is 9.76. The summed E-state index contributed by atoms with van der Waals surface area (Å²) in [6.45, 7) is 1.89. The van der Waals surface area contributed by atoms with Crippen molar-refractivity contribution in [2.24, 2.45) is 0 Å². The zero-order valence-corrected chi connectivity index (χ0v) is 17.4. The number of thiazole rings is 1. The van der Waals surface area contributed by atoms with Gasteiger partial charge >= 0.3 is 0 Å². The maximum Gasteiger partial charge on any atom is 0.230 e. The Labute approximate surface area is 173 Å². The van der Waals surface area contributed by atoms with E-state index in [4.69, 9.17) is 13.9 Å². The van der Waals surface area contributed by atoms with Gasteiger partial charge in [0, 0.05) is 17.1 Å². The summed E-state index contributed by atoms with van der Waals surface area (Å²) in [5.74, 6) is 2.77. The molecule has 0 unspecified atom stereocenters. The summed E-state index contributed by atoms with van der Waals surface area (Å²) in [6.07, 6.45) is 4.91. The van der Waals surface area contributed by atoms with E-state index in [0.717, 1.165) is 29.4 Å². The summed E-state index contributed by atoms with van der Waals surface area (Å²) in [5, 5.41) is 5.59. The van der Waals surface area contributed by atoms with E-state index in [9.17, 15) is 4.79 Å². The van der Waals surface area contributed by atoms with Crippen molar-refractivity contribution in [3.8, 4) is 22.3 Å². The molecule has 29 heavy (non-hydrogen) atoms. The first kappa shape index (κ1) is 19.5. The van der Waals surface area contributed by atoms with Gasteiger partial charge in [0.1, 0.15) is 5.76 Å². The van der Waals surface area contributed by atoms with Gasteiger partial charge in [-0.05, 0) is 56.9 Å². The number of carbonyl (C=O) groups excluding carboxylic acids is 1. The van der Waals surface area contributed by atoms with Crippen LogP contribution in [0, 0.1) is 6.92 Å². The fraction of sp³-hybridized carbons (Fsp3) is 0.364. The molecule has 0 aliphatic heterocycles. The topological polar surface area (TPSA) is 73.6 Å². The van der Waals surface area contributed by atoms with E-state index in [-0.39, 0.29) is 18.4 Å². The molecule has 1 aromatic carbocycles. The van der Waals surface area contributed by atoms with Crippen LogP contribution in [0.25, 0.3) is 10.8 Å². The van der Waals surface area contributed by atoms with Gasteiger partial charge in [0.25, 0.3) is 0 Å². The highest BCUT2D eigenvalue weighted by Gasteiger charge is 2.19. The summed E-state index contributed by atoms with van der Waals surface area (Å²) in [5.41, 5.74) is 1.40. The van der Waals surface area contributed by atoms with Gasteiger partial charge < -0.3 is 19.2 Å². The quantitative estimate of drug-likeness (QED) is 0.576. The largest absolute Gasteiger partial charge is 0.493 e. The second-order valence-corrected chi connectivity index (χ2v) is 8.03. The SMILES string of the molecule is COc1ccc(NC(=O)Cc2csc(-c3ccc(C)o3)n2)cc1OC1CCCC1. The normalized spacial score (nSPS) is 14.1. The van der Waals surface area contributed by atoms with E-state index in [1.807, 2.05) is 42.6 Å². The van der Waals surface area contributed by atoms with E-state index in [1.54, 1.807) is 7.11 Å². The number of ether oxygens (including phenoxy) is 2. The van der Waals surface area contributed by atoms with Crippen LogP contribution in [0.15, 0.2) is 40.1 Å². The van der Waals surface area contributed by atoms with Crippen LogP contribution in [0.1, 0.15) is 37.1 Å². The molecule has 0 saturated heterocycles. The molecule has 4 rings (SSSR count). The van der Waals surface area contributed by atoms with Crippen LogP contribution >= 0.6 is 11.3 Å². The average molecular weight is 413 g/mol. The lowest BCUT2D eigenvalue weighted by atomic mass is 10.2. The molecule has 6 nitrogen and oxygen atoms in total. The zero-order valence-electron chi connectivity index (χ0n) is 16.6. The number of furan rings is 1. The van der Waals surface area contributed by atoms with Crippen LogP contribution in [-0.2, 0) is 11.2 Å². The molecule has 1 aliphatic rings. The molecular formula is C22H24N2O4S. The Balaban J connectivity index is 1.41. The maximum absolute atomic E-state index is 12.5.